The Labute approximate surface area is 126 Å². The Kier molecular flexibility index (Phi) is 7.65. The summed E-state index contributed by atoms with van der Waals surface area (Å²) in [5.41, 5.74) is 0. The zero-order chi connectivity index (χ0) is 15.0. The molecule has 5 nitrogen and oxygen atoms in total. The van der Waals surface area contributed by atoms with Crippen LogP contribution in [-0.4, -0.2) is 31.7 Å². The van der Waals surface area contributed by atoms with Crippen LogP contribution in [-0.2, 0) is 23.0 Å². The molecule has 1 heterocycles. The van der Waals surface area contributed by atoms with Crippen LogP contribution in [0.3, 0.4) is 0 Å². The lowest BCUT2D eigenvalue weighted by Gasteiger charge is -2.08. The number of unbranched alkanes of at least 4 members (excludes halogenated alkanes) is 1. The quantitative estimate of drug-likeness (QED) is 0.646. The molecular weight excluding hydrogens is 294 g/mol. The number of hydrogen-bond acceptors (Lipinski definition) is 5. The smallest absolute Gasteiger partial charge is 0.211 e. The molecule has 0 atom stereocenters. The van der Waals surface area contributed by atoms with Crippen LogP contribution in [0.4, 0.5) is 0 Å². The van der Waals surface area contributed by atoms with Crippen LogP contribution in [0.2, 0.25) is 0 Å². The van der Waals surface area contributed by atoms with Gasteiger partial charge in [-0.3, -0.25) is 0 Å². The van der Waals surface area contributed by atoms with Crippen molar-refractivity contribution >= 4 is 21.4 Å². The molecule has 0 saturated heterocycles. The molecule has 0 spiro atoms. The van der Waals surface area contributed by atoms with E-state index in [0.717, 1.165) is 24.4 Å². The fourth-order valence-electron chi connectivity index (χ4n) is 1.64. The van der Waals surface area contributed by atoms with Gasteiger partial charge in [-0.2, -0.15) is 0 Å². The summed E-state index contributed by atoms with van der Waals surface area (Å²) in [5.74, 6) is 0.179. The van der Waals surface area contributed by atoms with Gasteiger partial charge < -0.3 is 5.32 Å². The van der Waals surface area contributed by atoms with Gasteiger partial charge in [0.15, 0.2) is 0 Å². The zero-order valence-corrected chi connectivity index (χ0v) is 14.1. The van der Waals surface area contributed by atoms with Crippen molar-refractivity contribution < 1.29 is 8.42 Å². The van der Waals surface area contributed by atoms with Crippen molar-refractivity contribution in [1.29, 1.82) is 0 Å². The number of sulfonamides is 1. The van der Waals surface area contributed by atoms with E-state index in [1.165, 1.54) is 4.88 Å². The van der Waals surface area contributed by atoms with Crippen molar-refractivity contribution in [3.8, 4) is 0 Å². The van der Waals surface area contributed by atoms with E-state index in [4.69, 9.17) is 0 Å². The van der Waals surface area contributed by atoms with Gasteiger partial charge in [-0.1, -0.05) is 20.8 Å². The standard InChI is InChI=1S/C13H25N3O2S2/c1-4-12-9-15-13(19-12)10-16-20(17,18)8-6-5-7-14-11(2)3/h9,11,14,16H,4-8,10H2,1-3H3. The maximum Gasteiger partial charge on any atom is 0.211 e. The van der Waals surface area contributed by atoms with Crippen molar-refractivity contribution in [3.05, 3.63) is 16.1 Å². The maximum atomic E-state index is 11.8. The third kappa shape index (κ3) is 7.33. The van der Waals surface area contributed by atoms with Crippen molar-refractivity contribution in [2.24, 2.45) is 0 Å². The molecule has 0 aliphatic heterocycles. The van der Waals surface area contributed by atoms with E-state index in [-0.39, 0.29) is 5.75 Å². The Morgan fingerprint density at radius 3 is 2.70 bits per heavy atom. The maximum absolute atomic E-state index is 11.8. The van der Waals surface area contributed by atoms with Crippen LogP contribution in [0.1, 0.15) is 43.5 Å². The number of aromatic nitrogens is 1. The van der Waals surface area contributed by atoms with Crippen LogP contribution < -0.4 is 10.0 Å². The van der Waals surface area contributed by atoms with E-state index in [1.807, 2.05) is 6.20 Å². The molecule has 0 saturated carbocycles. The largest absolute Gasteiger partial charge is 0.315 e. The fourth-order valence-corrected chi connectivity index (χ4v) is 3.62. The van der Waals surface area contributed by atoms with Crippen molar-refractivity contribution in [1.82, 2.24) is 15.0 Å². The van der Waals surface area contributed by atoms with Crippen LogP contribution in [0.5, 0.6) is 0 Å². The highest BCUT2D eigenvalue weighted by atomic mass is 32.2. The molecule has 2 N–H and O–H groups in total. The average molecular weight is 319 g/mol. The van der Waals surface area contributed by atoms with Gasteiger partial charge in [0.05, 0.1) is 12.3 Å². The van der Waals surface area contributed by atoms with Crippen LogP contribution in [0, 0.1) is 0 Å². The van der Waals surface area contributed by atoms with Gasteiger partial charge in [0.2, 0.25) is 10.0 Å². The number of hydrogen-bond donors (Lipinski definition) is 2. The molecule has 116 valence electrons. The number of rotatable bonds is 10. The molecule has 1 rings (SSSR count). The average Bonchev–Trinajstić information content (AvgIpc) is 2.83. The Bertz CT molecular complexity index is 484. The number of nitrogens with one attached hydrogen (secondary N) is 2. The zero-order valence-electron chi connectivity index (χ0n) is 12.5. The molecular formula is C13H25N3O2S2. The second kappa shape index (κ2) is 8.71. The van der Waals surface area contributed by atoms with Crippen LogP contribution in [0.25, 0.3) is 0 Å². The Hall–Kier alpha value is -0.500. The molecule has 0 fully saturated rings. The lowest BCUT2D eigenvalue weighted by atomic mass is 10.3. The minimum absolute atomic E-state index is 0.179. The van der Waals surface area contributed by atoms with E-state index >= 15 is 0 Å². The number of thiazole rings is 1. The molecule has 0 bridgehead atoms. The van der Waals surface area contributed by atoms with Crippen LogP contribution >= 0.6 is 11.3 Å². The number of nitrogens with zero attached hydrogens (tertiary/aromatic N) is 1. The van der Waals surface area contributed by atoms with E-state index in [0.29, 0.717) is 19.0 Å². The predicted octanol–water partition coefficient (Wildman–Crippen LogP) is 1.90. The molecule has 0 unspecified atom stereocenters. The molecule has 1 aromatic rings. The SMILES string of the molecule is CCc1cnc(CNS(=O)(=O)CCCCNC(C)C)s1. The first-order valence-electron chi connectivity index (χ1n) is 7.07. The molecule has 0 amide bonds. The van der Waals surface area contributed by atoms with Crippen molar-refractivity contribution in [2.75, 3.05) is 12.3 Å². The first kappa shape index (κ1) is 17.6. The molecule has 1 aromatic heterocycles. The Morgan fingerprint density at radius 1 is 1.35 bits per heavy atom. The highest BCUT2D eigenvalue weighted by Gasteiger charge is 2.11. The summed E-state index contributed by atoms with van der Waals surface area (Å²) in [6.07, 6.45) is 4.29. The highest BCUT2D eigenvalue weighted by Crippen LogP contribution is 2.13. The second-order valence-corrected chi connectivity index (χ2v) is 8.16. The van der Waals surface area contributed by atoms with Crippen molar-refractivity contribution in [3.63, 3.8) is 0 Å². The van der Waals surface area contributed by atoms with Crippen molar-refractivity contribution in [2.45, 2.75) is 52.6 Å². The Morgan fingerprint density at radius 2 is 2.10 bits per heavy atom. The fraction of sp³-hybridized carbons (Fsp3) is 0.769. The Balaban J connectivity index is 2.24. The van der Waals surface area contributed by atoms with E-state index in [2.05, 4.69) is 35.8 Å². The van der Waals surface area contributed by atoms with E-state index in [9.17, 15) is 8.42 Å². The monoisotopic (exact) mass is 319 g/mol. The summed E-state index contributed by atoms with van der Waals surface area (Å²) in [7, 11) is -3.19. The summed E-state index contributed by atoms with van der Waals surface area (Å²) >= 11 is 1.56. The van der Waals surface area contributed by atoms with Gasteiger partial charge in [-0.05, 0) is 25.8 Å². The summed E-state index contributed by atoms with van der Waals surface area (Å²) in [5, 5.41) is 4.10. The molecule has 0 radical (unpaired) electrons. The van der Waals surface area contributed by atoms with E-state index in [1.54, 1.807) is 11.3 Å². The van der Waals surface area contributed by atoms with Gasteiger partial charge in [0.1, 0.15) is 5.01 Å². The first-order chi connectivity index (χ1) is 9.43. The normalized spacial score (nSPS) is 12.2. The van der Waals surface area contributed by atoms with E-state index < -0.39 is 10.0 Å². The summed E-state index contributed by atoms with van der Waals surface area (Å²) in [4.78, 5) is 5.38. The summed E-state index contributed by atoms with van der Waals surface area (Å²) < 4.78 is 26.3. The van der Waals surface area contributed by atoms with Crippen LogP contribution in [0.15, 0.2) is 6.20 Å². The molecule has 0 aliphatic carbocycles. The molecule has 20 heavy (non-hydrogen) atoms. The molecule has 0 aromatic carbocycles. The third-order valence-corrected chi connectivity index (χ3v) is 5.34. The van der Waals surface area contributed by atoms with Gasteiger partial charge in [-0.15, -0.1) is 11.3 Å². The lowest BCUT2D eigenvalue weighted by Crippen LogP contribution is -2.27. The molecule has 0 aliphatic rings. The lowest BCUT2D eigenvalue weighted by molar-refractivity contribution is 0.555. The summed E-state index contributed by atoms with van der Waals surface area (Å²) in [6, 6.07) is 0.447. The molecule has 7 heteroatoms. The first-order valence-corrected chi connectivity index (χ1v) is 9.54. The highest BCUT2D eigenvalue weighted by molar-refractivity contribution is 7.89. The van der Waals surface area contributed by atoms with Gasteiger partial charge in [-0.25, -0.2) is 18.1 Å². The van der Waals surface area contributed by atoms with Gasteiger partial charge in [0, 0.05) is 17.1 Å². The topological polar surface area (TPSA) is 71.1 Å². The third-order valence-electron chi connectivity index (χ3n) is 2.79. The number of aryl methyl sites for hydroxylation is 1. The second-order valence-electron chi connectivity index (χ2n) is 5.03. The van der Waals surface area contributed by atoms with Gasteiger partial charge in [0.25, 0.3) is 0 Å². The van der Waals surface area contributed by atoms with Gasteiger partial charge >= 0.3 is 0 Å². The summed E-state index contributed by atoms with van der Waals surface area (Å²) in [6.45, 7) is 7.39. The minimum atomic E-state index is -3.19. The predicted molar refractivity (Wildman–Crippen MR) is 84.5 cm³/mol. The minimum Gasteiger partial charge on any atom is -0.315 e.